The highest BCUT2D eigenvalue weighted by molar-refractivity contribution is 5.79. The predicted octanol–water partition coefficient (Wildman–Crippen LogP) is 3.15. The molecule has 1 heterocycles. The molecular formula is C21H36N4O. The molecule has 1 saturated heterocycles. The van der Waals surface area contributed by atoms with E-state index in [1.54, 1.807) is 0 Å². The molecule has 0 aromatic heterocycles. The summed E-state index contributed by atoms with van der Waals surface area (Å²) in [5.41, 5.74) is 2.46. The fraction of sp³-hybridized carbons (Fsp3) is 0.667. The molecule has 0 spiro atoms. The van der Waals surface area contributed by atoms with E-state index in [-0.39, 0.29) is 0 Å². The molecule has 146 valence electrons. The summed E-state index contributed by atoms with van der Waals surface area (Å²) in [6, 6.07) is 8.55. The Hall–Kier alpha value is -1.59. The molecule has 2 rings (SSSR count). The second kappa shape index (κ2) is 12.7. The van der Waals surface area contributed by atoms with Crippen LogP contribution in [0, 0.1) is 0 Å². The Morgan fingerprint density at radius 1 is 1.04 bits per heavy atom. The average molecular weight is 361 g/mol. The van der Waals surface area contributed by atoms with Crippen LogP contribution in [0.4, 0.5) is 0 Å². The largest absolute Gasteiger partial charge is 0.377 e. The summed E-state index contributed by atoms with van der Waals surface area (Å²) in [6.45, 7) is 8.92. The summed E-state index contributed by atoms with van der Waals surface area (Å²) in [5.74, 6) is 0.874. The maximum absolute atomic E-state index is 5.43. The second-order valence-corrected chi connectivity index (χ2v) is 6.92. The van der Waals surface area contributed by atoms with Crippen LogP contribution >= 0.6 is 0 Å². The van der Waals surface area contributed by atoms with E-state index in [0.717, 1.165) is 32.1 Å². The Morgan fingerprint density at radius 2 is 1.73 bits per heavy atom. The molecule has 1 aromatic rings. The van der Waals surface area contributed by atoms with E-state index in [0.29, 0.717) is 6.61 Å². The summed E-state index contributed by atoms with van der Waals surface area (Å²) >= 11 is 0. The monoisotopic (exact) mass is 360 g/mol. The number of likely N-dealkylation sites (tertiary alicyclic amines) is 1. The third-order valence-corrected chi connectivity index (χ3v) is 4.82. The van der Waals surface area contributed by atoms with Gasteiger partial charge in [-0.1, -0.05) is 37.1 Å². The van der Waals surface area contributed by atoms with Crippen molar-refractivity contribution in [3.05, 3.63) is 35.4 Å². The van der Waals surface area contributed by atoms with Gasteiger partial charge in [-0.2, -0.15) is 0 Å². The average Bonchev–Trinajstić information content (AvgIpc) is 2.95. The van der Waals surface area contributed by atoms with Gasteiger partial charge in [0.2, 0.25) is 0 Å². The highest BCUT2D eigenvalue weighted by Gasteiger charge is 2.08. The minimum absolute atomic E-state index is 0.685. The van der Waals surface area contributed by atoms with Crippen LogP contribution in [0.15, 0.2) is 29.3 Å². The molecule has 0 radical (unpaired) electrons. The molecule has 1 aliphatic heterocycles. The number of guanidine groups is 1. The second-order valence-electron chi connectivity index (χ2n) is 6.92. The zero-order valence-electron chi connectivity index (χ0n) is 16.6. The number of nitrogens with one attached hydrogen (secondary N) is 2. The Morgan fingerprint density at radius 3 is 2.38 bits per heavy atom. The Labute approximate surface area is 159 Å². The van der Waals surface area contributed by atoms with Gasteiger partial charge in [0.25, 0.3) is 0 Å². The third-order valence-electron chi connectivity index (χ3n) is 4.82. The van der Waals surface area contributed by atoms with Gasteiger partial charge in [-0.25, -0.2) is 0 Å². The maximum Gasteiger partial charge on any atom is 0.191 e. The van der Waals surface area contributed by atoms with Crippen LogP contribution in [-0.2, 0) is 17.9 Å². The van der Waals surface area contributed by atoms with Gasteiger partial charge in [0, 0.05) is 26.7 Å². The summed E-state index contributed by atoms with van der Waals surface area (Å²) in [7, 11) is 1.83. The van der Waals surface area contributed by atoms with E-state index in [1.807, 2.05) is 14.0 Å². The first kappa shape index (κ1) is 20.7. The van der Waals surface area contributed by atoms with Crippen LogP contribution in [0.25, 0.3) is 0 Å². The molecular weight excluding hydrogens is 324 g/mol. The molecule has 0 unspecified atom stereocenters. The smallest absolute Gasteiger partial charge is 0.191 e. The molecule has 0 bridgehead atoms. The Kier molecular flexibility index (Phi) is 10.1. The molecule has 0 saturated carbocycles. The Balaban J connectivity index is 1.62. The number of hydrogen-bond donors (Lipinski definition) is 2. The van der Waals surface area contributed by atoms with Crippen molar-refractivity contribution in [1.29, 1.82) is 0 Å². The van der Waals surface area contributed by atoms with E-state index in [2.05, 4.69) is 44.8 Å². The van der Waals surface area contributed by atoms with Crippen molar-refractivity contribution in [2.45, 2.75) is 52.2 Å². The van der Waals surface area contributed by atoms with Gasteiger partial charge < -0.3 is 20.3 Å². The summed E-state index contributed by atoms with van der Waals surface area (Å²) in [6.07, 6.45) is 6.68. The molecule has 0 atom stereocenters. The molecule has 0 amide bonds. The summed E-state index contributed by atoms with van der Waals surface area (Å²) in [5, 5.41) is 6.82. The van der Waals surface area contributed by atoms with Gasteiger partial charge >= 0.3 is 0 Å². The third kappa shape index (κ3) is 8.19. The van der Waals surface area contributed by atoms with E-state index in [4.69, 9.17) is 4.74 Å². The zero-order chi connectivity index (χ0) is 18.5. The van der Waals surface area contributed by atoms with Crippen molar-refractivity contribution in [2.75, 3.05) is 39.8 Å². The van der Waals surface area contributed by atoms with Gasteiger partial charge in [-0.15, -0.1) is 0 Å². The highest BCUT2D eigenvalue weighted by atomic mass is 16.5. The van der Waals surface area contributed by atoms with Gasteiger partial charge in [0.15, 0.2) is 5.96 Å². The standard InChI is InChI=1S/C21H36N4O/c1-3-26-18-20-11-9-19(10-12-20)17-24-21(22-2)23-13-8-16-25-14-6-4-5-7-15-25/h9-12H,3-8,13-18H2,1-2H3,(H2,22,23,24). The first-order chi connectivity index (χ1) is 12.8. The highest BCUT2D eigenvalue weighted by Crippen LogP contribution is 2.09. The topological polar surface area (TPSA) is 48.9 Å². The number of hydrogen-bond acceptors (Lipinski definition) is 3. The molecule has 5 nitrogen and oxygen atoms in total. The fourth-order valence-corrected chi connectivity index (χ4v) is 3.25. The lowest BCUT2D eigenvalue weighted by Crippen LogP contribution is -2.38. The van der Waals surface area contributed by atoms with E-state index < -0.39 is 0 Å². The van der Waals surface area contributed by atoms with Crippen molar-refractivity contribution in [3.8, 4) is 0 Å². The first-order valence-corrected chi connectivity index (χ1v) is 10.1. The van der Waals surface area contributed by atoms with Crippen LogP contribution < -0.4 is 10.6 Å². The molecule has 0 aliphatic carbocycles. The summed E-state index contributed by atoms with van der Waals surface area (Å²) in [4.78, 5) is 6.93. The van der Waals surface area contributed by atoms with Crippen LogP contribution in [0.1, 0.15) is 50.2 Å². The zero-order valence-corrected chi connectivity index (χ0v) is 16.6. The maximum atomic E-state index is 5.43. The first-order valence-electron chi connectivity index (χ1n) is 10.1. The molecule has 1 aromatic carbocycles. The van der Waals surface area contributed by atoms with Crippen molar-refractivity contribution in [1.82, 2.24) is 15.5 Å². The number of benzene rings is 1. The van der Waals surface area contributed by atoms with Crippen molar-refractivity contribution in [3.63, 3.8) is 0 Å². The van der Waals surface area contributed by atoms with E-state index in [1.165, 1.54) is 56.4 Å². The quantitative estimate of drug-likeness (QED) is 0.403. The number of aliphatic imine (C=N–C) groups is 1. The number of nitrogens with zero attached hydrogens (tertiary/aromatic N) is 2. The Bertz CT molecular complexity index is 507. The van der Waals surface area contributed by atoms with Crippen molar-refractivity contribution < 1.29 is 4.74 Å². The van der Waals surface area contributed by atoms with E-state index in [9.17, 15) is 0 Å². The molecule has 1 fully saturated rings. The van der Waals surface area contributed by atoms with Gasteiger partial charge in [-0.3, -0.25) is 4.99 Å². The fourth-order valence-electron chi connectivity index (χ4n) is 3.25. The van der Waals surface area contributed by atoms with Gasteiger partial charge in [0.05, 0.1) is 6.61 Å². The summed E-state index contributed by atoms with van der Waals surface area (Å²) < 4.78 is 5.43. The van der Waals surface area contributed by atoms with Gasteiger partial charge in [-0.05, 0) is 56.9 Å². The van der Waals surface area contributed by atoms with E-state index >= 15 is 0 Å². The van der Waals surface area contributed by atoms with Crippen LogP contribution in [0.2, 0.25) is 0 Å². The van der Waals surface area contributed by atoms with Crippen LogP contribution in [-0.4, -0.2) is 50.7 Å². The van der Waals surface area contributed by atoms with Crippen molar-refractivity contribution in [2.24, 2.45) is 4.99 Å². The lowest BCUT2D eigenvalue weighted by Gasteiger charge is -2.20. The molecule has 1 aliphatic rings. The molecule has 26 heavy (non-hydrogen) atoms. The van der Waals surface area contributed by atoms with Crippen LogP contribution in [0.5, 0.6) is 0 Å². The van der Waals surface area contributed by atoms with Crippen molar-refractivity contribution >= 4 is 5.96 Å². The minimum atomic E-state index is 0.685. The SMILES string of the molecule is CCOCc1ccc(CNC(=NC)NCCCN2CCCCCC2)cc1. The lowest BCUT2D eigenvalue weighted by molar-refractivity contribution is 0.134. The number of rotatable bonds is 9. The minimum Gasteiger partial charge on any atom is -0.377 e. The lowest BCUT2D eigenvalue weighted by atomic mass is 10.1. The van der Waals surface area contributed by atoms with Gasteiger partial charge in [0.1, 0.15) is 0 Å². The predicted molar refractivity (Wildman–Crippen MR) is 109 cm³/mol. The molecule has 5 heteroatoms. The van der Waals surface area contributed by atoms with Crippen LogP contribution in [0.3, 0.4) is 0 Å². The molecule has 2 N–H and O–H groups in total. The normalized spacial score (nSPS) is 16.3. The number of ether oxygens (including phenoxy) is 1.